The fraction of sp³-hybridized carbons (Fsp3) is 0.250. The van der Waals surface area contributed by atoms with Gasteiger partial charge in [-0.3, -0.25) is 4.90 Å². The minimum atomic E-state index is 0.848. The molecule has 100 valence electrons. The van der Waals surface area contributed by atoms with Gasteiger partial charge in [0.15, 0.2) is 0 Å². The van der Waals surface area contributed by atoms with Gasteiger partial charge in [-0.2, -0.15) is 0 Å². The van der Waals surface area contributed by atoms with Gasteiger partial charge in [-0.15, -0.1) is 0 Å². The van der Waals surface area contributed by atoms with Crippen LogP contribution in [0.5, 0.6) is 0 Å². The van der Waals surface area contributed by atoms with E-state index in [1.807, 2.05) is 13.0 Å². The predicted molar refractivity (Wildman–Crippen MR) is 84.9 cm³/mol. The van der Waals surface area contributed by atoms with E-state index in [9.17, 15) is 0 Å². The molecule has 19 heavy (non-hydrogen) atoms. The minimum Gasteiger partial charge on any atom is -0.398 e. The first-order chi connectivity index (χ1) is 9.06. The Bertz CT molecular complexity index is 552. The molecule has 0 heterocycles. The summed E-state index contributed by atoms with van der Waals surface area (Å²) in [6, 6.07) is 14.6. The second-order valence-electron chi connectivity index (χ2n) is 4.95. The molecule has 2 rings (SSSR count). The van der Waals surface area contributed by atoms with Crippen molar-refractivity contribution >= 4 is 21.6 Å². The Balaban J connectivity index is 2.09. The molecule has 3 heteroatoms. The predicted octanol–water partition coefficient (Wildman–Crippen LogP) is 3.97. The Kier molecular flexibility index (Phi) is 4.61. The van der Waals surface area contributed by atoms with Crippen LogP contribution in [-0.2, 0) is 13.1 Å². The Morgan fingerprint density at radius 2 is 1.79 bits per heavy atom. The summed E-state index contributed by atoms with van der Waals surface area (Å²) in [5.41, 5.74) is 10.6. The highest BCUT2D eigenvalue weighted by molar-refractivity contribution is 9.10. The maximum absolute atomic E-state index is 6.15. The molecule has 0 spiro atoms. The quantitative estimate of drug-likeness (QED) is 0.864. The number of nitrogens with zero attached hydrogens (tertiary/aromatic N) is 1. The third-order valence-corrected chi connectivity index (χ3v) is 3.63. The van der Waals surface area contributed by atoms with E-state index in [0.717, 1.165) is 28.8 Å². The van der Waals surface area contributed by atoms with Crippen LogP contribution in [0.4, 0.5) is 5.69 Å². The Hall–Kier alpha value is -1.32. The molecule has 0 atom stereocenters. The van der Waals surface area contributed by atoms with Crippen LogP contribution < -0.4 is 5.73 Å². The van der Waals surface area contributed by atoms with Crippen LogP contribution in [0.2, 0.25) is 0 Å². The zero-order valence-electron chi connectivity index (χ0n) is 11.4. The maximum atomic E-state index is 6.15. The molecule has 0 radical (unpaired) electrons. The minimum absolute atomic E-state index is 0.848. The van der Waals surface area contributed by atoms with Crippen molar-refractivity contribution in [3.8, 4) is 0 Å². The van der Waals surface area contributed by atoms with Crippen molar-refractivity contribution in [1.29, 1.82) is 0 Å². The molecule has 2 aromatic carbocycles. The van der Waals surface area contributed by atoms with Gasteiger partial charge in [0.25, 0.3) is 0 Å². The molecule has 0 aliphatic heterocycles. The van der Waals surface area contributed by atoms with E-state index in [1.54, 1.807) is 0 Å². The van der Waals surface area contributed by atoms with E-state index < -0.39 is 0 Å². The highest BCUT2D eigenvalue weighted by atomic mass is 79.9. The van der Waals surface area contributed by atoms with Crippen LogP contribution in [0.15, 0.2) is 46.9 Å². The number of aryl methyl sites for hydroxylation is 1. The van der Waals surface area contributed by atoms with Crippen molar-refractivity contribution in [2.24, 2.45) is 0 Å². The second-order valence-corrected chi connectivity index (χ2v) is 5.87. The summed E-state index contributed by atoms with van der Waals surface area (Å²) < 4.78 is 1.09. The Labute approximate surface area is 123 Å². The molecule has 0 aromatic heterocycles. The molecule has 0 aliphatic carbocycles. The van der Waals surface area contributed by atoms with Crippen molar-refractivity contribution in [1.82, 2.24) is 4.90 Å². The molecule has 0 aliphatic rings. The van der Waals surface area contributed by atoms with Gasteiger partial charge in [0.05, 0.1) is 0 Å². The van der Waals surface area contributed by atoms with E-state index in [1.165, 1.54) is 11.1 Å². The normalized spacial score (nSPS) is 10.9. The SMILES string of the molecule is Cc1cc(Br)cc(CN(C)Cc2ccccc2)c1N. The first-order valence-electron chi connectivity index (χ1n) is 6.33. The van der Waals surface area contributed by atoms with Crippen molar-refractivity contribution in [2.75, 3.05) is 12.8 Å². The number of nitrogens with two attached hydrogens (primary N) is 1. The van der Waals surface area contributed by atoms with Gasteiger partial charge < -0.3 is 5.73 Å². The molecule has 2 nitrogen and oxygen atoms in total. The summed E-state index contributed by atoms with van der Waals surface area (Å²) >= 11 is 3.53. The maximum Gasteiger partial charge on any atom is 0.0390 e. The van der Waals surface area contributed by atoms with Gasteiger partial charge in [0.1, 0.15) is 0 Å². The zero-order chi connectivity index (χ0) is 13.8. The number of nitrogen functional groups attached to an aromatic ring is 1. The fourth-order valence-corrected chi connectivity index (χ4v) is 2.82. The van der Waals surface area contributed by atoms with E-state index in [2.05, 4.69) is 64.3 Å². The van der Waals surface area contributed by atoms with Crippen molar-refractivity contribution in [3.63, 3.8) is 0 Å². The standard InChI is InChI=1S/C16H19BrN2/c1-12-8-15(17)9-14(16(12)18)11-19(2)10-13-6-4-3-5-7-13/h3-9H,10-11,18H2,1-2H3. The fourth-order valence-electron chi connectivity index (χ4n) is 2.20. The Morgan fingerprint density at radius 1 is 1.11 bits per heavy atom. The van der Waals surface area contributed by atoms with E-state index >= 15 is 0 Å². The third-order valence-electron chi connectivity index (χ3n) is 3.17. The van der Waals surface area contributed by atoms with Gasteiger partial charge in [0, 0.05) is 23.2 Å². The first-order valence-corrected chi connectivity index (χ1v) is 7.12. The smallest absolute Gasteiger partial charge is 0.0390 e. The number of hydrogen-bond donors (Lipinski definition) is 1. The topological polar surface area (TPSA) is 29.3 Å². The molecule has 0 saturated carbocycles. The molecule has 2 aromatic rings. The largest absolute Gasteiger partial charge is 0.398 e. The molecular formula is C16H19BrN2. The highest BCUT2D eigenvalue weighted by Gasteiger charge is 2.07. The number of halogens is 1. The zero-order valence-corrected chi connectivity index (χ0v) is 12.9. The highest BCUT2D eigenvalue weighted by Crippen LogP contribution is 2.24. The van der Waals surface area contributed by atoms with Crippen LogP contribution in [0.1, 0.15) is 16.7 Å². The second kappa shape index (κ2) is 6.22. The summed E-state index contributed by atoms with van der Waals surface area (Å²) in [7, 11) is 2.11. The summed E-state index contributed by atoms with van der Waals surface area (Å²) in [4.78, 5) is 2.27. The van der Waals surface area contributed by atoms with E-state index in [0.29, 0.717) is 0 Å². The van der Waals surface area contributed by atoms with E-state index in [4.69, 9.17) is 5.73 Å². The van der Waals surface area contributed by atoms with Gasteiger partial charge in [0.2, 0.25) is 0 Å². The number of hydrogen-bond acceptors (Lipinski definition) is 2. The monoisotopic (exact) mass is 318 g/mol. The summed E-state index contributed by atoms with van der Waals surface area (Å²) in [6.45, 7) is 3.81. The first kappa shape index (κ1) is 14.1. The average molecular weight is 319 g/mol. The lowest BCUT2D eigenvalue weighted by Gasteiger charge is -2.19. The molecule has 0 amide bonds. The van der Waals surface area contributed by atoms with Crippen LogP contribution in [-0.4, -0.2) is 11.9 Å². The number of benzene rings is 2. The lowest BCUT2D eigenvalue weighted by atomic mass is 10.1. The molecule has 0 fully saturated rings. The molecule has 0 unspecified atom stereocenters. The third kappa shape index (κ3) is 3.82. The van der Waals surface area contributed by atoms with Crippen molar-refractivity contribution < 1.29 is 0 Å². The molecule has 2 N–H and O–H groups in total. The lowest BCUT2D eigenvalue weighted by Crippen LogP contribution is -2.18. The van der Waals surface area contributed by atoms with Crippen molar-refractivity contribution in [2.45, 2.75) is 20.0 Å². The summed E-state index contributed by atoms with van der Waals surface area (Å²) in [6.07, 6.45) is 0. The van der Waals surface area contributed by atoms with Crippen LogP contribution in [0.25, 0.3) is 0 Å². The number of rotatable bonds is 4. The summed E-state index contributed by atoms with van der Waals surface area (Å²) in [5, 5.41) is 0. The summed E-state index contributed by atoms with van der Waals surface area (Å²) in [5.74, 6) is 0. The van der Waals surface area contributed by atoms with Gasteiger partial charge in [-0.1, -0.05) is 46.3 Å². The van der Waals surface area contributed by atoms with Gasteiger partial charge in [-0.05, 0) is 42.8 Å². The molecular weight excluding hydrogens is 300 g/mol. The van der Waals surface area contributed by atoms with Crippen LogP contribution in [0, 0.1) is 6.92 Å². The number of anilines is 1. The average Bonchev–Trinajstić information content (AvgIpc) is 2.36. The lowest BCUT2D eigenvalue weighted by molar-refractivity contribution is 0.319. The van der Waals surface area contributed by atoms with Crippen LogP contribution >= 0.6 is 15.9 Å². The van der Waals surface area contributed by atoms with Gasteiger partial charge >= 0.3 is 0 Å². The van der Waals surface area contributed by atoms with E-state index in [-0.39, 0.29) is 0 Å². The molecule has 0 saturated heterocycles. The van der Waals surface area contributed by atoms with Crippen LogP contribution in [0.3, 0.4) is 0 Å². The Morgan fingerprint density at radius 3 is 2.47 bits per heavy atom. The van der Waals surface area contributed by atoms with Crippen molar-refractivity contribution in [3.05, 3.63) is 63.6 Å². The van der Waals surface area contributed by atoms with Gasteiger partial charge in [-0.25, -0.2) is 0 Å². The molecule has 0 bridgehead atoms.